The van der Waals surface area contributed by atoms with E-state index in [9.17, 15) is 19.8 Å². The van der Waals surface area contributed by atoms with Crippen LogP contribution in [-0.2, 0) is 12.8 Å². The molecule has 0 aliphatic rings. The second kappa shape index (κ2) is 13.6. The summed E-state index contributed by atoms with van der Waals surface area (Å²) in [5, 5.41) is 40.5. The van der Waals surface area contributed by atoms with Gasteiger partial charge in [0.25, 0.3) is 0 Å². The predicted octanol–water partition coefficient (Wildman–Crippen LogP) is 2.01. The molecular formula is C22H22CaO8. The fourth-order valence-electron chi connectivity index (χ4n) is 2.51. The topological polar surface area (TPSA) is 139 Å². The number of rotatable bonds is 8. The largest absolute Gasteiger partial charge is 2.00 e. The Balaban J connectivity index is 0.000000562. The molecule has 2 rings (SSSR count). The standard InChI is InChI=1S/2C11H12O4.Ca/c2*1-3-4-7-5-8(11(13)14)10(12)9(6-7)15-2;/h2*3,5-6,12H,1,4H2,2H3,(H,13,14);/q;;+2/p-2. The Bertz CT molecular complexity index is 876. The number of allylic oxidation sites excluding steroid dienone is 2. The van der Waals surface area contributed by atoms with Crippen LogP contribution < -0.4 is 19.7 Å². The van der Waals surface area contributed by atoms with Crippen molar-refractivity contribution in [1.82, 2.24) is 0 Å². The average molecular weight is 454 g/mol. The van der Waals surface area contributed by atoms with Crippen LogP contribution in [0.2, 0.25) is 0 Å². The maximum Gasteiger partial charge on any atom is 2.00 e. The molecule has 0 radical (unpaired) electrons. The number of methoxy groups -OCH3 is 2. The number of ether oxygens (including phenoxy) is 2. The zero-order chi connectivity index (χ0) is 22.8. The molecule has 0 spiro atoms. The molecule has 2 aromatic carbocycles. The SMILES string of the molecule is C=CCc1cc(OC)c([O-])c(C(=O)O)c1.C=CCc1cc(OC)c([O-])c(C(=O)O)c1.[Ca+2]. The number of hydrogen-bond donors (Lipinski definition) is 2. The van der Waals surface area contributed by atoms with E-state index in [1.807, 2.05) is 0 Å². The van der Waals surface area contributed by atoms with E-state index in [1.54, 1.807) is 12.2 Å². The smallest absolute Gasteiger partial charge is 0.869 e. The van der Waals surface area contributed by atoms with Crippen LogP contribution in [-0.4, -0.2) is 74.1 Å². The van der Waals surface area contributed by atoms with Crippen molar-refractivity contribution in [2.24, 2.45) is 0 Å². The van der Waals surface area contributed by atoms with Crippen LogP contribution in [0.4, 0.5) is 0 Å². The van der Waals surface area contributed by atoms with Crippen molar-refractivity contribution in [3.8, 4) is 23.0 Å². The molecule has 31 heavy (non-hydrogen) atoms. The number of aromatic carboxylic acids is 2. The monoisotopic (exact) mass is 454 g/mol. The quantitative estimate of drug-likeness (QED) is 0.456. The second-order valence-electron chi connectivity index (χ2n) is 5.95. The van der Waals surface area contributed by atoms with E-state index in [4.69, 9.17) is 19.7 Å². The zero-order valence-corrected chi connectivity index (χ0v) is 19.6. The summed E-state index contributed by atoms with van der Waals surface area (Å²) < 4.78 is 9.63. The van der Waals surface area contributed by atoms with E-state index in [0.29, 0.717) is 24.0 Å². The fraction of sp³-hybridized carbons (Fsp3) is 0.182. The summed E-state index contributed by atoms with van der Waals surface area (Å²) in [7, 11) is 2.67. The third-order valence-electron chi connectivity index (χ3n) is 3.89. The number of hydrogen-bond acceptors (Lipinski definition) is 6. The molecule has 0 aliphatic heterocycles. The molecule has 0 amide bonds. The number of carbonyl (C=O) groups is 2. The Labute approximate surface area is 210 Å². The molecule has 0 aromatic heterocycles. The van der Waals surface area contributed by atoms with E-state index < -0.39 is 23.4 Å². The minimum atomic E-state index is -1.25. The predicted molar refractivity (Wildman–Crippen MR) is 112 cm³/mol. The van der Waals surface area contributed by atoms with Gasteiger partial charge in [0.2, 0.25) is 0 Å². The van der Waals surface area contributed by atoms with E-state index in [2.05, 4.69) is 13.2 Å². The van der Waals surface area contributed by atoms with E-state index in [0.717, 1.165) is 0 Å². The van der Waals surface area contributed by atoms with Gasteiger partial charge in [-0.2, -0.15) is 0 Å². The maximum absolute atomic E-state index is 11.5. The first-order valence-electron chi connectivity index (χ1n) is 8.64. The van der Waals surface area contributed by atoms with Crippen molar-refractivity contribution >= 4 is 49.7 Å². The van der Waals surface area contributed by atoms with Crippen molar-refractivity contribution in [2.45, 2.75) is 12.8 Å². The fourth-order valence-corrected chi connectivity index (χ4v) is 2.51. The summed E-state index contributed by atoms with van der Waals surface area (Å²) in [5.74, 6) is -3.59. The van der Waals surface area contributed by atoms with Crippen LogP contribution in [0.1, 0.15) is 31.8 Å². The Morgan fingerprint density at radius 2 is 1.16 bits per heavy atom. The molecule has 0 heterocycles. The Morgan fingerprint density at radius 3 is 1.39 bits per heavy atom. The molecule has 0 fully saturated rings. The number of benzene rings is 2. The van der Waals surface area contributed by atoms with Crippen molar-refractivity contribution in [2.75, 3.05) is 14.2 Å². The third kappa shape index (κ3) is 7.82. The Morgan fingerprint density at radius 1 is 0.839 bits per heavy atom. The molecule has 0 saturated carbocycles. The van der Waals surface area contributed by atoms with Gasteiger partial charge in [-0.25, -0.2) is 9.59 Å². The molecule has 9 heteroatoms. The number of carboxylic acid groups (broad SMARTS) is 2. The van der Waals surface area contributed by atoms with Gasteiger partial charge >= 0.3 is 49.7 Å². The minimum Gasteiger partial charge on any atom is -0.869 e. The van der Waals surface area contributed by atoms with Crippen LogP contribution in [0.5, 0.6) is 23.0 Å². The molecule has 0 aliphatic carbocycles. The van der Waals surface area contributed by atoms with Crippen LogP contribution in [0.3, 0.4) is 0 Å². The van der Waals surface area contributed by atoms with E-state index in [-0.39, 0.29) is 60.4 Å². The van der Waals surface area contributed by atoms with Crippen LogP contribution in [0, 0.1) is 0 Å². The summed E-state index contributed by atoms with van der Waals surface area (Å²) in [6, 6.07) is 5.73. The molecule has 0 saturated heterocycles. The van der Waals surface area contributed by atoms with Crippen molar-refractivity contribution in [3.05, 3.63) is 71.8 Å². The van der Waals surface area contributed by atoms with Crippen molar-refractivity contribution in [3.63, 3.8) is 0 Å². The summed E-state index contributed by atoms with van der Waals surface area (Å²) in [5.41, 5.74) is 0.843. The Kier molecular flexibility index (Phi) is 12.4. The summed E-state index contributed by atoms with van der Waals surface area (Å²) in [6.45, 7) is 7.08. The Hall–Kier alpha value is -2.68. The molecule has 0 atom stereocenters. The van der Waals surface area contributed by atoms with Gasteiger partial charge in [-0.15, -0.1) is 13.2 Å². The summed E-state index contributed by atoms with van der Waals surface area (Å²) in [4.78, 5) is 21.5. The van der Waals surface area contributed by atoms with Crippen molar-refractivity contribution < 1.29 is 39.5 Å². The minimum absolute atomic E-state index is 0. The van der Waals surface area contributed by atoms with Gasteiger partial charge < -0.3 is 29.9 Å². The van der Waals surface area contributed by atoms with Gasteiger partial charge in [0.15, 0.2) is 0 Å². The van der Waals surface area contributed by atoms with Crippen LogP contribution in [0.15, 0.2) is 49.6 Å². The first-order chi connectivity index (χ1) is 14.2. The number of carboxylic acids is 2. The van der Waals surface area contributed by atoms with Gasteiger partial charge in [-0.05, 0) is 48.2 Å². The van der Waals surface area contributed by atoms with E-state index in [1.165, 1.54) is 38.5 Å². The van der Waals surface area contributed by atoms with Gasteiger partial charge in [0.05, 0.1) is 25.3 Å². The normalized spacial score (nSPS) is 9.35. The van der Waals surface area contributed by atoms with Gasteiger partial charge in [0.1, 0.15) is 11.5 Å². The molecular weight excluding hydrogens is 432 g/mol. The van der Waals surface area contributed by atoms with Crippen LogP contribution >= 0.6 is 0 Å². The average Bonchev–Trinajstić information content (AvgIpc) is 2.70. The second-order valence-corrected chi connectivity index (χ2v) is 5.95. The summed E-state index contributed by atoms with van der Waals surface area (Å²) >= 11 is 0. The molecule has 0 bridgehead atoms. The molecule has 2 N–H and O–H groups in total. The first-order valence-corrected chi connectivity index (χ1v) is 8.64. The van der Waals surface area contributed by atoms with Crippen LogP contribution in [0.25, 0.3) is 0 Å². The molecule has 2 aromatic rings. The van der Waals surface area contributed by atoms with Gasteiger partial charge in [-0.3, -0.25) is 0 Å². The molecule has 160 valence electrons. The summed E-state index contributed by atoms with van der Waals surface area (Å²) in [6.07, 6.45) is 4.25. The van der Waals surface area contributed by atoms with E-state index >= 15 is 0 Å². The third-order valence-corrected chi connectivity index (χ3v) is 3.89. The first kappa shape index (κ1) is 28.3. The van der Waals surface area contributed by atoms with Crippen molar-refractivity contribution in [1.29, 1.82) is 0 Å². The van der Waals surface area contributed by atoms with Gasteiger partial charge in [-0.1, -0.05) is 23.7 Å². The zero-order valence-electron chi connectivity index (χ0n) is 17.3. The molecule has 0 unspecified atom stereocenters. The maximum atomic E-state index is 11.5. The molecule has 8 nitrogen and oxygen atoms in total. The van der Waals surface area contributed by atoms with Gasteiger partial charge in [0, 0.05) is 0 Å².